The number of rotatable bonds is 3. The van der Waals surface area contributed by atoms with E-state index in [4.69, 9.17) is 4.98 Å². The van der Waals surface area contributed by atoms with Crippen LogP contribution in [0, 0.1) is 0 Å². The molecule has 1 fully saturated rings. The first-order valence-corrected chi connectivity index (χ1v) is 11.5. The number of carbonyl (C=O) groups is 1. The molecule has 0 saturated carbocycles. The lowest BCUT2D eigenvalue weighted by atomic mass is 10.1. The summed E-state index contributed by atoms with van der Waals surface area (Å²) < 4.78 is 2.22. The Labute approximate surface area is 179 Å². The van der Waals surface area contributed by atoms with E-state index in [1.54, 1.807) is 11.3 Å². The summed E-state index contributed by atoms with van der Waals surface area (Å²) in [4.78, 5) is 19.2. The number of halogens is 1. The number of hydrogen-bond donors (Lipinski definition) is 0. The van der Waals surface area contributed by atoms with Crippen LogP contribution < -0.4 is 4.90 Å². The normalized spacial score (nSPS) is 16.8. The standard InChI is InChI=1S/C22H15BrN2OS2/c23-16-9-5-14(6-10-16)19-13-27-22(26)25(19)17-11-7-15(8-12-17)21-24-18-3-1-2-4-20(18)28-21/h1-12,19H,13H2. The van der Waals surface area contributed by atoms with Crippen molar-refractivity contribution in [1.29, 1.82) is 0 Å². The van der Waals surface area contributed by atoms with Crippen molar-refractivity contribution in [2.24, 2.45) is 0 Å². The van der Waals surface area contributed by atoms with Crippen LogP contribution in [0.15, 0.2) is 77.3 Å². The Bertz CT molecular complexity index is 1120. The summed E-state index contributed by atoms with van der Waals surface area (Å²) >= 11 is 6.54. The summed E-state index contributed by atoms with van der Waals surface area (Å²) in [5, 5.41) is 1.10. The number of thiazole rings is 1. The lowest BCUT2D eigenvalue weighted by Crippen LogP contribution is -2.26. The summed E-state index contributed by atoms with van der Waals surface area (Å²) in [6.07, 6.45) is 0. The predicted octanol–water partition coefficient (Wildman–Crippen LogP) is 7.14. The minimum atomic E-state index is 0.0545. The van der Waals surface area contributed by atoms with Gasteiger partial charge in [0.05, 0.1) is 16.3 Å². The van der Waals surface area contributed by atoms with Gasteiger partial charge in [-0.2, -0.15) is 0 Å². The van der Waals surface area contributed by atoms with Crippen molar-refractivity contribution in [2.45, 2.75) is 6.04 Å². The molecule has 6 heteroatoms. The van der Waals surface area contributed by atoms with Crippen LogP contribution >= 0.6 is 39.0 Å². The molecule has 4 aromatic rings. The van der Waals surface area contributed by atoms with E-state index in [9.17, 15) is 4.79 Å². The summed E-state index contributed by atoms with van der Waals surface area (Å²) in [6.45, 7) is 0. The number of benzene rings is 3. The highest BCUT2D eigenvalue weighted by Gasteiger charge is 2.34. The molecule has 0 N–H and O–H groups in total. The van der Waals surface area contributed by atoms with Gasteiger partial charge in [-0.1, -0.05) is 52.0 Å². The zero-order valence-electron chi connectivity index (χ0n) is 14.7. The van der Waals surface area contributed by atoms with Gasteiger partial charge in [0.25, 0.3) is 5.24 Å². The molecule has 0 aliphatic carbocycles. The van der Waals surface area contributed by atoms with E-state index in [1.807, 2.05) is 47.4 Å². The second-order valence-corrected chi connectivity index (χ2v) is 9.47. The molecule has 1 atom stereocenters. The average molecular weight is 467 g/mol. The third-order valence-electron chi connectivity index (χ3n) is 4.81. The lowest BCUT2D eigenvalue weighted by molar-refractivity contribution is 0.265. The number of hydrogen-bond acceptors (Lipinski definition) is 4. The Hall–Kier alpha value is -2.15. The fourth-order valence-electron chi connectivity index (χ4n) is 3.40. The van der Waals surface area contributed by atoms with E-state index in [-0.39, 0.29) is 11.3 Å². The smallest absolute Gasteiger partial charge is 0.286 e. The van der Waals surface area contributed by atoms with Crippen molar-refractivity contribution >= 4 is 60.2 Å². The predicted molar refractivity (Wildman–Crippen MR) is 122 cm³/mol. The number of amides is 1. The Morgan fingerprint density at radius 1 is 0.964 bits per heavy atom. The van der Waals surface area contributed by atoms with Crippen LogP contribution in [0.4, 0.5) is 10.5 Å². The third-order valence-corrected chi connectivity index (χ3v) is 7.35. The monoisotopic (exact) mass is 466 g/mol. The zero-order valence-corrected chi connectivity index (χ0v) is 17.9. The number of fused-ring (bicyclic) bond motifs is 1. The highest BCUT2D eigenvalue weighted by Crippen LogP contribution is 2.40. The highest BCUT2D eigenvalue weighted by atomic mass is 79.9. The van der Waals surface area contributed by atoms with Crippen LogP contribution in [0.2, 0.25) is 0 Å². The first-order chi connectivity index (χ1) is 13.7. The van der Waals surface area contributed by atoms with Crippen molar-refractivity contribution in [1.82, 2.24) is 4.98 Å². The van der Waals surface area contributed by atoms with Gasteiger partial charge in [-0.15, -0.1) is 11.3 Å². The van der Waals surface area contributed by atoms with Gasteiger partial charge in [-0.3, -0.25) is 9.69 Å². The molecule has 3 aromatic carbocycles. The van der Waals surface area contributed by atoms with Crippen molar-refractivity contribution in [3.8, 4) is 10.6 Å². The number of nitrogens with zero attached hydrogens (tertiary/aromatic N) is 2. The van der Waals surface area contributed by atoms with Gasteiger partial charge < -0.3 is 0 Å². The summed E-state index contributed by atoms with van der Waals surface area (Å²) in [6, 6.07) is 24.6. The van der Waals surface area contributed by atoms with Crippen molar-refractivity contribution in [3.05, 3.63) is 82.8 Å². The van der Waals surface area contributed by atoms with Gasteiger partial charge in [-0.05, 0) is 54.1 Å². The number of thioether (sulfide) groups is 1. The van der Waals surface area contributed by atoms with Crippen molar-refractivity contribution in [2.75, 3.05) is 10.7 Å². The molecule has 1 aromatic heterocycles. The first kappa shape index (κ1) is 17.9. The topological polar surface area (TPSA) is 33.2 Å². The van der Waals surface area contributed by atoms with Crippen LogP contribution in [0.25, 0.3) is 20.8 Å². The molecule has 28 heavy (non-hydrogen) atoms. The SMILES string of the molecule is O=C1SCC(c2ccc(Br)cc2)N1c1ccc(-c2nc3ccccc3s2)cc1. The van der Waals surface area contributed by atoms with Crippen molar-refractivity contribution in [3.63, 3.8) is 0 Å². The number of aromatic nitrogens is 1. The molecule has 1 aliphatic rings. The van der Waals surface area contributed by atoms with Gasteiger partial charge in [0.1, 0.15) is 5.01 Å². The summed E-state index contributed by atoms with van der Waals surface area (Å²) in [7, 11) is 0. The molecule has 1 unspecified atom stereocenters. The van der Waals surface area contributed by atoms with E-state index in [1.165, 1.54) is 16.5 Å². The minimum absolute atomic E-state index is 0.0545. The van der Waals surface area contributed by atoms with Gasteiger partial charge in [0.15, 0.2) is 0 Å². The van der Waals surface area contributed by atoms with E-state index in [0.717, 1.165) is 37.6 Å². The molecule has 1 aliphatic heterocycles. The van der Waals surface area contributed by atoms with E-state index < -0.39 is 0 Å². The van der Waals surface area contributed by atoms with Gasteiger partial charge in [0.2, 0.25) is 0 Å². The van der Waals surface area contributed by atoms with Crippen LogP contribution in [-0.4, -0.2) is 16.0 Å². The number of para-hydroxylation sites is 1. The molecule has 0 bridgehead atoms. The largest absolute Gasteiger partial charge is 0.295 e. The molecule has 1 amide bonds. The van der Waals surface area contributed by atoms with E-state index in [0.29, 0.717) is 0 Å². The van der Waals surface area contributed by atoms with Gasteiger partial charge in [-0.25, -0.2) is 4.98 Å². The third kappa shape index (κ3) is 3.26. The molecule has 5 rings (SSSR count). The first-order valence-electron chi connectivity index (χ1n) is 8.86. The molecule has 0 spiro atoms. The fraction of sp³-hybridized carbons (Fsp3) is 0.0909. The van der Waals surface area contributed by atoms with Crippen LogP contribution in [0.5, 0.6) is 0 Å². The van der Waals surface area contributed by atoms with Crippen LogP contribution in [0.1, 0.15) is 11.6 Å². The maximum atomic E-state index is 12.6. The average Bonchev–Trinajstić information content (AvgIpc) is 3.32. The highest BCUT2D eigenvalue weighted by molar-refractivity contribution is 9.10. The summed E-state index contributed by atoms with van der Waals surface area (Å²) in [5.41, 5.74) is 4.17. The molecular formula is C22H15BrN2OS2. The van der Waals surface area contributed by atoms with Gasteiger partial charge >= 0.3 is 0 Å². The summed E-state index contributed by atoms with van der Waals surface area (Å²) in [5.74, 6) is 0.764. The Balaban J connectivity index is 1.46. The lowest BCUT2D eigenvalue weighted by Gasteiger charge is -2.24. The second-order valence-electron chi connectivity index (χ2n) is 6.55. The molecule has 0 radical (unpaired) electrons. The molecular weight excluding hydrogens is 452 g/mol. The number of anilines is 1. The Morgan fingerprint density at radius 3 is 2.46 bits per heavy atom. The molecule has 2 heterocycles. The quantitative estimate of drug-likeness (QED) is 0.321. The Kier molecular flexibility index (Phi) is 4.70. The number of carbonyl (C=O) groups excluding carboxylic acids is 1. The minimum Gasteiger partial charge on any atom is -0.295 e. The molecule has 1 saturated heterocycles. The maximum absolute atomic E-state index is 12.6. The Morgan fingerprint density at radius 2 is 1.71 bits per heavy atom. The van der Waals surface area contributed by atoms with E-state index in [2.05, 4.69) is 46.3 Å². The van der Waals surface area contributed by atoms with Crippen molar-refractivity contribution < 1.29 is 4.79 Å². The fourth-order valence-corrected chi connectivity index (χ4v) is 5.65. The molecule has 138 valence electrons. The van der Waals surface area contributed by atoms with E-state index >= 15 is 0 Å². The zero-order chi connectivity index (χ0) is 19.1. The van der Waals surface area contributed by atoms with Gasteiger partial charge in [0, 0.05) is 21.5 Å². The van der Waals surface area contributed by atoms with Crippen LogP contribution in [0.3, 0.4) is 0 Å². The second kappa shape index (κ2) is 7.35. The molecule has 3 nitrogen and oxygen atoms in total. The maximum Gasteiger partial charge on any atom is 0.286 e. The van der Waals surface area contributed by atoms with Crippen LogP contribution in [-0.2, 0) is 0 Å².